The van der Waals surface area contributed by atoms with E-state index >= 15 is 0 Å². The Kier molecular flexibility index (Phi) is 3.46. The fraction of sp³-hybridized carbons (Fsp3) is 0.538. The van der Waals surface area contributed by atoms with Gasteiger partial charge in [0.25, 0.3) is 0 Å². The van der Waals surface area contributed by atoms with Gasteiger partial charge in [0.05, 0.1) is 7.11 Å². The first-order chi connectivity index (χ1) is 7.69. The molecule has 1 fully saturated rings. The quantitative estimate of drug-likeness (QED) is 0.814. The van der Waals surface area contributed by atoms with Crippen molar-refractivity contribution in [2.45, 2.75) is 37.9 Å². The number of ether oxygens (including phenoxy) is 1. The van der Waals surface area contributed by atoms with Gasteiger partial charge in [-0.2, -0.15) is 0 Å². The first-order valence-electron chi connectivity index (χ1n) is 5.84. The van der Waals surface area contributed by atoms with E-state index < -0.39 is 0 Å². The first-order valence-corrected chi connectivity index (χ1v) is 5.84. The number of hydrogen-bond acceptors (Lipinski definition) is 3. The lowest BCUT2D eigenvalue weighted by molar-refractivity contribution is 0.272. The van der Waals surface area contributed by atoms with Crippen LogP contribution in [0.4, 0.5) is 0 Å². The third kappa shape index (κ3) is 2.54. The molecule has 1 saturated carbocycles. The second kappa shape index (κ2) is 4.85. The van der Waals surface area contributed by atoms with Crippen molar-refractivity contribution in [2.75, 3.05) is 7.11 Å². The van der Waals surface area contributed by atoms with E-state index in [1.54, 1.807) is 7.11 Å². The minimum atomic E-state index is 0.378. The summed E-state index contributed by atoms with van der Waals surface area (Å²) in [6.07, 6.45) is 2.20. The van der Waals surface area contributed by atoms with E-state index in [4.69, 9.17) is 10.5 Å². The third-order valence-corrected chi connectivity index (χ3v) is 3.28. The second-order valence-corrected chi connectivity index (χ2v) is 4.59. The van der Waals surface area contributed by atoms with Crippen LogP contribution in [0.5, 0.6) is 5.75 Å². The van der Waals surface area contributed by atoms with Crippen molar-refractivity contribution in [3.63, 3.8) is 0 Å². The number of benzene rings is 1. The highest BCUT2D eigenvalue weighted by Crippen LogP contribution is 2.23. The Morgan fingerprint density at radius 3 is 2.44 bits per heavy atom. The van der Waals surface area contributed by atoms with Crippen LogP contribution in [0.15, 0.2) is 24.3 Å². The molecule has 3 heteroatoms. The van der Waals surface area contributed by atoms with Gasteiger partial charge < -0.3 is 15.8 Å². The molecule has 0 aromatic heterocycles. The van der Waals surface area contributed by atoms with Crippen molar-refractivity contribution in [1.82, 2.24) is 5.32 Å². The molecule has 0 saturated heterocycles. The molecular weight excluding hydrogens is 200 g/mol. The van der Waals surface area contributed by atoms with Crippen LogP contribution < -0.4 is 15.8 Å². The van der Waals surface area contributed by atoms with Crippen LogP contribution in [0.25, 0.3) is 0 Å². The molecule has 0 spiro atoms. The fourth-order valence-corrected chi connectivity index (χ4v) is 2.14. The number of nitrogens with one attached hydrogen (secondary N) is 1. The van der Waals surface area contributed by atoms with Crippen molar-refractivity contribution >= 4 is 0 Å². The molecule has 88 valence electrons. The highest BCUT2D eigenvalue weighted by atomic mass is 16.5. The average Bonchev–Trinajstić information content (AvgIpc) is 2.27. The minimum Gasteiger partial charge on any atom is -0.497 e. The van der Waals surface area contributed by atoms with E-state index in [2.05, 4.69) is 24.4 Å². The van der Waals surface area contributed by atoms with Gasteiger partial charge in [-0.05, 0) is 37.5 Å². The van der Waals surface area contributed by atoms with E-state index in [1.165, 1.54) is 5.56 Å². The molecule has 1 aliphatic rings. The number of methoxy groups -OCH3 is 1. The Balaban J connectivity index is 1.90. The highest BCUT2D eigenvalue weighted by Gasteiger charge is 2.26. The summed E-state index contributed by atoms with van der Waals surface area (Å²) in [5.41, 5.74) is 7.06. The zero-order valence-electron chi connectivity index (χ0n) is 9.94. The third-order valence-electron chi connectivity index (χ3n) is 3.28. The van der Waals surface area contributed by atoms with Crippen molar-refractivity contribution in [3.05, 3.63) is 29.8 Å². The van der Waals surface area contributed by atoms with Gasteiger partial charge in [-0.3, -0.25) is 0 Å². The van der Waals surface area contributed by atoms with Crippen molar-refractivity contribution in [1.29, 1.82) is 0 Å². The monoisotopic (exact) mass is 220 g/mol. The normalized spacial score (nSPS) is 25.9. The lowest BCUT2D eigenvalue weighted by Gasteiger charge is -2.35. The topological polar surface area (TPSA) is 47.3 Å². The molecule has 0 aliphatic heterocycles. The predicted octanol–water partition coefficient (Wildman–Crippen LogP) is 1.84. The minimum absolute atomic E-state index is 0.378. The summed E-state index contributed by atoms with van der Waals surface area (Å²) in [5, 5.41) is 3.58. The zero-order chi connectivity index (χ0) is 11.5. The van der Waals surface area contributed by atoms with Crippen LogP contribution >= 0.6 is 0 Å². The van der Waals surface area contributed by atoms with Gasteiger partial charge in [0.15, 0.2) is 0 Å². The van der Waals surface area contributed by atoms with Crippen molar-refractivity contribution < 1.29 is 4.74 Å². The highest BCUT2D eigenvalue weighted by molar-refractivity contribution is 5.28. The SMILES string of the molecule is COc1ccc([C@H](C)NC2CC(N)C2)cc1. The molecule has 1 atom stereocenters. The predicted molar refractivity (Wildman–Crippen MR) is 65.5 cm³/mol. The summed E-state index contributed by atoms with van der Waals surface area (Å²) in [4.78, 5) is 0. The standard InChI is InChI=1S/C13H20N2O/c1-9(15-12-7-11(14)8-12)10-3-5-13(16-2)6-4-10/h3-6,9,11-12,15H,7-8,14H2,1-2H3/t9-,11?,12?/m0/s1. The maximum Gasteiger partial charge on any atom is 0.118 e. The van der Waals surface area contributed by atoms with Gasteiger partial charge in [-0.15, -0.1) is 0 Å². The molecule has 3 N–H and O–H groups in total. The Labute approximate surface area is 97.0 Å². The molecule has 16 heavy (non-hydrogen) atoms. The lowest BCUT2D eigenvalue weighted by atomic mass is 9.87. The molecule has 1 aromatic rings. The van der Waals surface area contributed by atoms with Crippen molar-refractivity contribution in [3.8, 4) is 5.75 Å². The van der Waals surface area contributed by atoms with Crippen LogP contribution in [-0.4, -0.2) is 19.2 Å². The van der Waals surface area contributed by atoms with E-state index in [0.717, 1.165) is 18.6 Å². The van der Waals surface area contributed by atoms with E-state index in [1.807, 2.05) is 12.1 Å². The maximum absolute atomic E-state index is 5.76. The van der Waals surface area contributed by atoms with Crippen LogP contribution in [0.2, 0.25) is 0 Å². The van der Waals surface area contributed by atoms with E-state index in [0.29, 0.717) is 18.1 Å². The molecule has 0 bridgehead atoms. The largest absolute Gasteiger partial charge is 0.497 e. The lowest BCUT2D eigenvalue weighted by Crippen LogP contribution is -2.49. The Morgan fingerprint density at radius 1 is 1.31 bits per heavy atom. The number of hydrogen-bond donors (Lipinski definition) is 2. The average molecular weight is 220 g/mol. The molecule has 0 radical (unpaired) electrons. The van der Waals surface area contributed by atoms with Crippen LogP contribution in [-0.2, 0) is 0 Å². The van der Waals surface area contributed by atoms with E-state index in [9.17, 15) is 0 Å². The van der Waals surface area contributed by atoms with Crippen molar-refractivity contribution in [2.24, 2.45) is 5.73 Å². The molecule has 2 rings (SSSR count). The van der Waals surface area contributed by atoms with Crippen LogP contribution in [0.1, 0.15) is 31.4 Å². The molecule has 0 heterocycles. The van der Waals surface area contributed by atoms with E-state index in [-0.39, 0.29) is 0 Å². The summed E-state index contributed by atoms with van der Waals surface area (Å²) in [6.45, 7) is 2.19. The van der Waals surface area contributed by atoms with Gasteiger partial charge in [0.1, 0.15) is 5.75 Å². The Hall–Kier alpha value is -1.06. The number of rotatable bonds is 4. The molecule has 3 nitrogen and oxygen atoms in total. The second-order valence-electron chi connectivity index (χ2n) is 4.59. The fourth-order valence-electron chi connectivity index (χ4n) is 2.14. The molecule has 1 aliphatic carbocycles. The molecular formula is C13H20N2O. The summed E-state index contributed by atoms with van der Waals surface area (Å²) in [6, 6.07) is 9.58. The molecule has 0 unspecified atom stereocenters. The summed E-state index contributed by atoms with van der Waals surface area (Å²) in [7, 11) is 1.69. The Bertz CT molecular complexity index is 330. The Morgan fingerprint density at radius 2 is 1.94 bits per heavy atom. The summed E-state index contributed by atoms with van der Waals surface area (Å²) < 4.78 is 5.14. The van der Waals surface area contributed by atoms with Gasteiger partial charge in [-0.1, -0.05) is 12.1 Å². The molecule has 0 amide bonds. The smallest absolute Gasteiger partial charge is 0.118 e. The first kappa shape index (κ1) is 11.4. The van der Waals surface area contributed by atoms with Gasteiger partial charge >= 0.3 is 0 Å². The molecule has 1 aromatic carbocycles. The van der Waals surface area contributed by atoms with Crippen LogP contribution in [0, 0.1) is 0 Å². The maximum atomic E-state index is 5.76. The summed E-state index contributed by atoms with van der Waals surface area (Å²) >= 11 is 0. The zero-order valence-corrected chi connectivity index (χ0v) is 9.94. The van der Waals surface area contributed by atoms with Gasteiger partial charge in [0, 0.05) is 18.1 Å². The van der Waals surface area contributed by atoms with Crippen LogP contribution in [0.3, 0.4) is 0 Å². The summed E-state index contributed by atoms with van der Waals surface area (Å²) in [5.74, 6) is 0.904. The number of nitrogens with two attached hydrogens (primary N) is 1. The van der Waals surface area contributed by atoms with Gasteiger partial charge in [-0.25, -0.2) is 0 Å². The van der Waals surface area contributed by atoms with Gasteiger partial charge in [0.2, 0.25) is 0 Å².